The lowest BCUT2D eigenvalue weighted by atomic mass is 9.99. The van der Waals surface area contributed by atoms with E-state index in [1.54, 1.807) is 6.92 Å². The van der Waals surface area contributed by atoms with Crippen LogP contribution in [0.5, 0.6) is 0 Å². The number of thioether (sulfide) groups is 1. The molecule has 0 bridgehead atoms. The molecular weight excluding hydrogens is 298 g/mol. The number of hydrogen-bond acceptors (Lipinski definition) is 5. The highest BCUT2D eigenvalue weighted by Gasteiger charge is 2.17. The second kappa shape index (κ2) is 7.31. The summed E-state index contributed by atoms with van der Waals surface area (Å²) in [6.45, 7) is 6.16. The molecule has 0 unspecified atom stereocenters. The third-order valence-corrected chi connectivity index (χ3v) is 4.45. The van der Waals surface area contributed by atoms with Crippen LogP contribution in [0.4, 0.5) is 11.6 Å². The number of nitrogens with zero attached hydrogens (tertiary/aromatic N) is 2. The number of nitrogens with two attached hydrogens (primary N) is 1. The van der Waals surface area contributed by atoms with Crippen molar-refractivity contribution in [3.8, 4) is 0 Å². The summed E-state index contributed by atoms with van der Waals surface area (Å²) in [4.78, 5) is 16.1. The van der Waals surface area contributed by atoms with Gasteiger partial charge in [0.1, 0.15) is 0 Å². The topological polar surface area (TPSA) is 96.7 Å². The molecule has 1 amide bonds. The molecule has 2 atom stereocenters. The van der Waals surface area contributed by atoms with Crippen molar-refractivity contribution in [1.29, 1.82) is 0 Å². The summed E-state index contributed by atoms with van der Waals surface area (Å²) < 4.78 is 0. The van der Waals surface area contributed by atoms with Gasteiger partial charge in [0.05, 0.1) is 5.25 Å². The van der Waals surface area contributed by atoms with Crippen LogP contribution in [0.1, 0.15) is 38.7 Å². The molecule has 6 nitrogen and oxygen atoms in total. The molecule has 0 aliphatic carbocycles. The molecule has 4 N–H and O–H groups in total. The van der Waals surface area contributed by atoms with E-state index in [1.165, 1.54) is 17.3 Å². The Balaban J connectivity index is 1.93. The lowest BCUT2D eigenvalue weighted by Crippen LogP contribution is -2.22. The molecule has 0 radical (unpaired) electrons. The van der Waals surface area contributed by atoms with Crippen molar-refractivity contribution in [2.24, 2.45) is 0 Å². The molecular formula is C15H21N5OS. The minimum atomic E-state index is -0.315. The molecule has 0 fully saturated rings. The number of aromatic amines is 1. The predicted molar refractivity (Wildman–Crippen MR) is 89.9 cm³/mol. The molecule has 7 heteroatoms. The van der Waals surface area contributed by atoms with Gasteiger partial charge in [-0.05, 0) is 37.0 Å². The van der Waals surface area contributed by atoms with Crippen LogP contribution in [-0.4, -0.2) is 26.3 Å². The molecule has 0 aliphatic rings. The van der Waals surface area contributed by atoms with Crippen LogP contribution < -0.4 is 11.1 Å². The molecule has 2 aromatic rings. The number of rotatable bonds is 6. The molecule has 0 aliphatic heterocycles. The zero-order valence-corrected chi connectivity index (χ0v) is 13.8. The number of hydrogen-bond donors (Lipinski definition) is 3. The normalized spacial score (nSPS) is 13.6. The van der Waals surface area contributed by atoms with Gasteiger partial charge in [-0.25, -0.2) is 5.10 Å². The Morgan fingerprint density at radius 2 is 2.05 bits per heavy atom. The summed E-state index contributed by atoms with van der Waals surface area (Å²) in [5.74, 6) is 0.677. The number of anilines is 2. The Kier molecular flexibility index (Phi) is 5.43. The minimum absolute atomic E-state index is 0.0929. The van der Waals surface area contributed by atoms with Gasteiger partial charge in [0.15, 0.2) is 0 Å². The van der Waals surface area contributed by atoms with Crippen LogP contribution in [0.3, 0.4) is 0 Å². The van der Waals surface area contributed by atoms with Crippen LogP contribution in [0, 0.1) is 0 Å². The first-order valence-corrected chi connectivity index (χ1v) is 8.13. The maximum Gasteiger partial charge on any atom is 0.237 e. The molecule has 1 aromatic heterocycles. The third-order valence-electron chi connectivity index (χ3n) is 3.49. The summed E-state index contributed by atoms with van der Waals surface area (Å²) in [5, 5.41) is 9.50. The van der Waals surface area contributed by atoms with Crippen molar-refractivity contribution in [3.05, 3.63) is 29.8 Å². The summed E-state index contributed by atoms with van der Waals surface area (Å²) in [5.41, 5.74) is 7.53. The van der Waals surface area contributed by atoms with E-state index >= 15 is 0 Å². The molecule has 22 heavy (non-hydrogen) atoms. The summed E-state index contributed by atoms with van der Waals surface area (Å²) in [6.07, 6.45) is 1.10. The summed E-state index contributed by atoms with van der Waals surface area (Å²) in [6, 6.07) is 7.97. The Morgan fingerprint density at radius 1 is 1.36 bits per heavy atom. The van der Waals surface area contributed by atoms with Crippen molar-refractivity contribution in [3.63, 3.8) is 0 Å². The van der Waals surface area contributed by atoms with Crippen LogP contribution in [0.15, 0.2) is 29.4 Å². The van der Waals surface area contributed by atoms with Crippen molar-refractivity contribution in [2.45, 2.75) is 43.5 Å². The van der Waals surface area contributed by atoms with Gasteiger partial charge in [0, 0.05) is 5.69 Å². The predicted octanol–water partition coefficient (Wildman–Crippen LogP) is 3.02. The van der Waals surface area contributed by atoms with E-state index < -0.39 is 0 Å². The van der Waals surface area contributed by atoms with Gasteiger partial charge in [-0.2, -0.15) is 4.98 Å². The van der Waals surface area contributed by atoms with Crippen LogP contribution in [0.2, 0.25) is 0 Å². The van der Waals surface area contributed by atoms with E-state index in [4.69, 9.17) is 5.73 Å². The van der Waals surface area contributed by atoms with Crippen molar-refractivity contribution >= 4 is 29.3 Å². The standard InChI is InChI=1S/C15H21N5OS/c1-4-9(2)11-5-7-12(8-6-11)17-13(21)10(3)22-15-18-14(16)19-20-15/h5-10H,4H2,1-3H3,(H,17,21)(H3,16,18,19,20)/t9-,10-/m1/s1. The second-order valence-corrected chi connectivity index (χ2v) is 6.49. The Hall–Kier alpha value is -2.02. The van der Waals surface area contributed by atoms with E-state index in [0.717, 1.165) is 12.1 Å². The number of amides is 1. The molecule has 118 valence electrons. The average Bonchev–Trinajstić information content (AvgIpc) is 2.92. The van der Waals surface area contributed by atoms with Gasteiger partial charge in [0.2, 0.25) is 17.0 Å². The van der Waals surface area contributed by atoms with Crippen molar-refractivity contribution in [2.75, 3.05) is 11.1 Å². The van der Waals surface area contributed by atoms with E-state index in [1.807, 2.05) is 12.1 Å². The van der Waals surface area contributed by atoms with Crippen LogP contribution in [-0.2, 0) is 4.79 Å². The first-order valence-electron chi connectivity index (χ1n) is 7.25. The van der Waals surface area contributed by atoms with Gasteiger partial charge in [-0.3, -0.25) is 4.79 Å². The largest absolute Gasteiger partial charge is 0.368 e. The lowest BCUT2D eigenvalue weighted by molar-refractivity contribution is -0.115. The molecule has 0 saturated carbocycles. The average molecular weight is 319 g/mol. The number of carbonyl (C=O) groups excluding carboxylic acids is 1. The number of nitrogens with one attached hydrogen (secondary N) is 2. The van der Waals surface area contributed by atoms with Crippen LogP contribution in [0.25, 0.3) is 0 Å². The van der Waals surface area contributed by atoms with Gasteiger partial charge in [0.25, 0.3) is 0 Å². The highest BCUT2D eigenvalue weighted by atomic mass is 32.2. The fraction of sp³-hybridized carbons (Fsp3) is 0.400. The summed E-state index contributed by atoms with van der Waals surface area (Å²) in [7, 11) is 0. The zero-order valence-electron chi connectivity index (χ0n) is 13.0. The van der Waals surface area contributed by atoms with Gasteiger partial charge >= 0.3 is 0 Å². The lowest BCUT2D eigenvalue weighted by Gasteiger charge is -2.12. The number of nitrogen functional groups attached to an aromatic ring is 1. The van der Waals surface area contributed by atoms with E-state index in [0.29, 0.717) is 11.1 Å². The third kappa shape index (κ3) is 4.24. The highest BCUT2D eigenvalue weighted by molar-refractivity contribution is 8.00. The molecule has 0 spiro atoms. The highest BCUT2D eigenvalue weighted by Crippen LogP contribution is 2.23. The van der Waals surface area contributed by atoms with Gasteiger partial charge in [-0.1, -0.05) is 37.7 Å². The fourth-order valence-corrected chi connectivity index (χ4v) is 2.63. The number of benzene rings is 1. The number of carbonyl (C=O) groups is 1. The van der Waals surface area contributed by atoms with Crippen molar-refractivity contribution < 1.29 is 4.79 Å². The maximum absolute atomic E-state index is 12.2. The maximum atomic E-state index is 12.2. The Morgan fingerprint density at radius 3 is 2.59 bits per heavy atom. The fourth-order valence-electron chi connectivity index (χ4n) is 1.90. The Labute approximate surface area is 134 Å². The van der Waals surface area contributed by atoms with E-state index in [2.05, 4.69) is 46.5 Å². The monoisotopic (exact) mass is 319 g/mol. The summed E-state index contributed by atoms with van der Waals surface area (Å²) >= 11 is 1.26. The smallest absolute Gasteiger partial charge is 0.237 e. The first kappa shape index (κ1) is 16.4. The quantitative estimate of drug-likeness (QED) is 0.711. The Bertz CT molecular complexity index is 625. The molecule has 2 rings (SSSR count). The molecule has 0 saturated heterocycles. The molecule has 1 heterocycles. The molecule has 1 aromatic carbocycles. The van der Waals surface area contributed by atoms with E-state index in [9.17, 15) is 4.79 Å². The minimum Gasteiger partial charge on any atom is -0.368 e. The van der Waals surface area contributed by atoms with E-state index in [-0.39, 0.29) is 17.1 Å². The SMILES string of the molecule is CC[C@@H](C)c1ccc(NC(=O)[C@@H](C)Sc2n[nH]c(N)n2)cc1. The number of aromatic nitrogens is 3. The van der Waals surface area contributed by atoms with Crippen LogP contribution >= 0.6 is 11.8 Å². The zero-order chi connectivity index (χ0) is 16.1. The van der Waals surface area contributed by atoms with Gasteiger partial charge in [-0.15, -0.1) is 5.10 Å². The number of H-pyrrole nitrogens is 1. The second-order valence-electron chi connectivity index (χ2n) is 5.18. The first-order chi connectivity index (χ1) is 10.5. The van der Waals surface area contributed by atoms with Gasteiger partial charge < -0.3 is 11.1 Å². The van der Waals surface area contributed by atoms with Crippen molar-refractivity contribution in [1.82, 2.24) is 15.2 Å².